The van der Waals surface area contributed by atoms with Crippen molar-refractivity contribution in [3.8, 4) is 11.3 Å². The highest BCUT2D eigenvalue weighted by Crippen LogP contribution is 2.38. The summed E-state index contributed by atoms with van der Waals surface area (Å²) < 4.78 is 4.40. The standard InChI is InChI=1S/C22H28N6/c1-25-14-20-21(19-7-4-3-5-8-19)23-17-28(20)22(15-25)9-6-10-27(16-22)13-18-11-24-26(2)12-18/h3-5,7-8,11-12,17H,6,9-10,13-16H2,1-2H3. The summed E-state index contributed by atoms with van der Waals surface area (Å²) in [7, 11) is 4.23. The van der Waals surface area contributed by atoms with E-state index in [9.17, 15) is 0 Å². The minimum Gasteiger partial charge on any atom is -0.324 e. The summed E-state index contributed by atoms with van der Waals surface area (Å²) in [6.07, 6.45) is 8.64. The van der Waals surface area contributed by atoms with Crippen molar-refractivity contribution < 1.29 is 0 Å². The van der Waals surface area contributed by atoms with Crippen molar-refractivity contribution in [3.63, 3.8) is 0 Å². The molecule has 4 heterocycles. The Bertz CT molecular complexity index is 959. The lowest BCUT2D eigenvalue weighted by molar-refractivity contribution is 0.0374. The van der Waals surface area contributed by atoms with Gasteiger partial charge < -0.3 is 4.57 Å². The highest BCUT2D eigenvalue weighted by atomic mass is 15.3. The van der Waals surface area contributed by atoms with Crippen molar-refractivity contribution in [2.24, 2.45) is 7.05 Å². The molecule has 2 aliphatic heterocycles. The molecule has 146 valence electrons. The molecule has 2 aliphatic rings. The average Bonchev–Trinajstić information content (AvgIpc) is 3.29. The molecule has 1 saturated heterocycles. The first-order valence-corrected chi connectivity index (χ1v) is 10.1. The number of nitrogens with zero attached hydrogens (tertiary/aromatic N) is 6. The van der Waals surface area contributed by atoms with Crippen LogP contribution in [0.3, 0.4) is 0 Å². The fourth-order valence-corrected chi connectivity index (χ4v) is 5.14. The van der Waals surface area contributed by atoms with Crippen LogP contribution in [-0.4, -0.2) is 55.8 Å². The van der Waals surface area contributed by atoms with Gasteiger partial charge in [0.2, 0.25) is 0 Å². The van der Waals surface area contributed by atoms with Crippen LogP contribution in [0.4, 0.5) is 0 Å². The Hall–Kier alpha value is -2.44. The van der Waals surface area contributed by atoms with E-state index < -0.39 is 0 Å². The van der Waals surface area contributed by atoms with Crippen molar-refractivity contribution in [2.45, 2.75) is 31.5 Å². The van der Waals surface area contributed by atoms with E-state index in [2.05, 4.69) is 69.4 Å². The highest BCUT2D eigenvalue weighted by molar-refractivity contribution is 5.62. The van der Waals surface area contributed by atoms with Crippen LogP contribution in [-0.2, 0) is 25.7 Å². The summed E-state index contributed by atoms with van der Waals surface area (Å²) >= 11 is 0. The van der Waals surface area contributed by atoms with Gasteiger partial charge in [-0.2, -0.15) is 5.10 Å². The Morgan fingerprint density at radius 2 is 1.96 bits per heavy atom. The van der Waals surface area contributed by atoms with Crippen LogP contribution in [0.1, 0.15) is 24.1 Å². The summed E-state index contributed by atoms with van der Waals surface area (Å²) in [5, 5.41) is 4.34. The van der Waals surface area contributed by atoms with Gasteiger partial charge in [-0.05, 0) is 26.4 Å². The van der Waals surface area contributed by atoms with Gasteiger partial charge in [0.05, 0.1) is 29.5 Å². The first-order valence-electron chi connectivity index (χ1n) is 10.1. The number of rotatable bonds is 3. The van der Waals surface area contributed by atoms with E-state index in [1.54, 1.807) is 0 Å². The number of fused-ring (bicyclic) bond motifs is 2. The molecule has 5 rings (SSSR count). The molecule has 0 radical (unpaired) electrons. The second-order valence-corrected chi connectivity index (χ2v) is 8.51. The van der Waals surface area contributed by atoms with E-state index in [0.717, 1.165) is 38.4 Å². The molecule has 0 aliphatic carbocycles. The monoisotopic (exact) mass is 376 g/mol. The van der Waals surface area contributed by atoms with Gasteiger partial charge in [-0.15, -0.1) is 0 Å². The van der Waals surface area contributed by atoms with E-state index in [-0.39, 0.29) is 5.54 Å². The lowest BCUT2D eigenvalue weighted by Gasteiger charge is -2.49. The molecule has 1 aromatic carbocycles. The fourth-order valence-electron chi connectivity index (χ4n) is 5.14. The van der Waals surface area contributed by atoms with E-state index >= 15 is 0 Å². The third-order valence-electron chi connectivity index (χ3n) is 6.21. The van der Waals surface area contributed by atoms with Gasteiger partial charge in [0.1, 0.15) is 0 Å². The summed E-state index contributed by atoms with van der Waals surface area (Å²) in [6.45, 7) is 5.21. The van der Waals surface area contributed by atoms with Gasteiger partial charge in [0, 0.05) is 50.6 Å². The molecule has 1 unspecified atom stereocenters. The zero-order valence-electron chi connectivity index (χ0n) is 16.8. The number of hydrogen-bond acceptors (Lipinski definition) is 4. The lowest BCUT2D eigenvalue weighted by Crippen LogP contribution is -2.57. The van der Waals surface area contributed by atoms with E-state index in [4.69, 9.17) is 4.98 Å². The fraction of sp³-hybridized carbons (Fsp3) is 0.455. The lowest BCUT2D eigenvalue weighted by atomic mass is 9.85. The second kappa shape index (κ2) is 6.87. The van der Waals surface area contributed by atoms with Crippen molar-refractivity contribution in [1.29, 1.82) is 0 Å². The molecule has 2 aromatic heterocycles. The van der Waals surface area contributed by atoms with Gasteiger partial charge in [0.25, 0.3) is 0 Å². The molecular formula is C22H28N6. The maximum absolute atomic E-state index is 4.87. The smallest absolute Gasteiger partial charge is 0.0962 e. The predicted molar refractivity (Wildman–Crippen MR) is 110 cm³/mol. The number of likely N-dealkylation sites (N-methyl/N-ethyl adjacent to an activating group) is 1. The summed E-state index contributed by atoms with van der Waals surface area (Å²) in [6, 6.07) is 10.6. The first kappa shape index (κ1) is 17.6. The Morgan fingerprint density at radius 1 is 1.11 bits per heavy atom. The van der Waals surface area contributed by atoms with Crippen LogP contribution < -0.4 is 0 Å². The molecule has 0 bridgehead atoms. The zero-order valence-corrected chi connectivity index (χ0v) is 16.8. The number of likely N-dealkylation sites (tertiary alicyclic amines) is 1. The number of benzene rings is 1. The molecule has 0 N–H and O–H groups in total. The van der Waals surface area contributed by atoms with Crippen LogP contribution >= 0.6 is 0 Å². The first-order chi connectivity index (χ1) is 13.6. The minimum absolute atomic E-state index is 0.100. The van der Waals surface area contributed by atoms with Crippen LogP contribution in [0.2, 0.25) is 0 Å². The van der Waals surface area contributed by atoms with Gasteiger partial charge in [-0.25, -0.2) is 4.98 Å². The Labute approximate surface area is 166 Å². The van der Waals surface area contributed by atoms with Crippen molar-refractivity contribution in [2.75, 3.05) is 26.7 Å². The maximum atomic E-state index is 4.87. The van der Waals surface area contributed by atoms with Crippen LogP contribution in [0.15, 0.2) is 49.1 Å². The topological polar surface area (TPSA) is 42.1 Å². The second-order valence-electron chi connectivity index (χ2n) is 8.51. The number of piperidine rings is 1. The molecule has 28 heavy (non-hydrogen) atoms. The van der Waals surface area contributed by atoms with Crippen molar-refractivity contribution >= 4 is 0 Å². The summed E-state index contributed by atoms with van der Waals surface area (Å²) in [4.78, 5) is 9.93. The normalized spacial score (nSPS) is 23.2. The van der Waals surface area contributed by atoms with Crippen LogP contribution in [0, 0.1) is 0 Å². The maximum Gasteiger partial charge on any atom is 0.0962 e. The Balaban J connectivity index is 1.48. The van der Waals surface area contributed by atoms with E-state index in [1.165, 1.54) is 29.7 Å². The molecule has 6 heteroatoms. The Kier molecular flexibility index (Phi) is 4.33. The average molecular weight is 377 g/mol. The SMILES string of the molecule is CN1Cc2c(-c3ccccc3)ncn2C2(CCCN(Cc3cnn(C)c3)C2)C1. The summed E-state index contributed by atoms with van der Waals surface area (Å²) in [5.74, 6) is 0. The molecule has 0 amide bonds. The summed E-state index contributed by atoms with van der Waals surface area (Å²) in [5.41, 5.74) is 5.09. The quantitative estimate of drug-likeness (QED) is 0.705. The molecular weight excluding hydrogens is 348 g/mol. The Morgan fingerprint density at radius 3 is 2.75 bits per heavy atom. The van der Waals surface area contributed by atoms with Crippen LogP contribution in [0.25, 0.3) is 11.3 Å². The van der Waals surface area contributed by atoms with Crippen molar-refractivity contribution in [3.05, 3.63) is 60.3 Å². The predicted octanol–water partition coefficient (Wildman–Crippen LogP) is 2.72. The van der Waals surface area contributed by atoms with Gasteiger partial charge in [-0.3, -0.25) is 14.5 Å². The molecule has 1 fully saturated rings. The third-order valence-corrected chi connectivity index (χ3v) is 6.21. The van der Waals surface area contributed by atoms with E-state index in [1.807, 2.05) is 17.9 Å². The number of aromatic nitrogens is 4. The minimum atomic E-state index is 0.100. The van der Waals surface area contributed by atoms with Crippen LogP contribution in [0.5, 0.6) is 0 Å². The highest BCUT2D eigenvalue weighted by Gasteiger charge is 2.42. The largest absolute Gasteiger partial charge is 0.324 e. The third kappa shape index (κ3) is 3.06. The van der Waals surface area contributed by atoms with E-state index in [0.29, 0.717) is 0 Å². The van der Waals surface area contributed by atoms with Crippen molar-refractivity contribution in [1.82, 2.24) is 29.1 Å². The molecule has 1 spiro atoms. The zero-order chi connectivity index (χ0) is 19.1. The van der Waals surface area contributed by atoms with Gasteiger partial charge >= 0.3 is 0 Å². The molecule has 6 nitrogen and oxygen atoms in total. The number of hydrogen-bond donors (Lipinski definition) is 0. The molecule has 3 aromatic rings. The van der Waals surface area contributed by atoms with Gasteiger partial charge in [0.15, 0.2) is 0 Å². The number of aryl methyl sites for hydroxylation is 1. The van der Waals surface area contributed by atoms with Gasteiger partial charge in [-0.1, -0.05) is 30.3 Å². The molecule has 1 atom stereocenters. The molecule has 0 saturated carbocycles. The number of imidazole rings is 1.